The maximum absolute atomic E-state index is 11.2. The summed E-state index contributed by atoms with van der Waals surface area (Å²) in [6.45, 7) is 2.11. The zero-order chi connectivity index (χ0) is 21.4. The molecule has 0 radical (unpaired) electrons. The Labute approximate surface area is 180 Å². The van der Waals surface area contributed by atoms with E-state index in [1.807, 2.05) is 12.1 Å². The minimum Gasteiger partial charge on any atom is -0.490 e. The van der Waals surface area contributed by atoms with Crippen LogP contribution in [0.1, 0.15) is 54.4 Å². The van der Waals surface area contributed by atoms with Gasteiger partial charge in [0.05, 0.1) is 17.1 Å². The Morgan fingerprint density at radius 2 is 2.00 bits per heavy atom. The quantitative estimate of drug-likeness (QED) is 0.524. The summed E-state index contributed by atoms with van der Waals surface area (Å²) in [5.74, 6) is 2.29. The van der Waals surface area contributed by atoms with Crippen molar-refractivity contribution in [2.75, 3.05) is 0 Å². The molecule has 7 heteroatoms. The van der Waals surface area contributed by atoms with Gasteiger partial charge in [0.1, 0.15) is 11.6 Å². The molecule has 7 nitrogen and oxygen atoms in total. The summed E-state index contributed by atoms with van der Waals surface area (Å²) in [5, 5.41) is 3.83. The summed E-state index contributed by atoms with van der Waals surface area (Å²) in [5.41, 5.74) is 4.59. The second kappa shape index (κ2) is 8.06. The largest absolute Gasteiger partial charge is 0.490 e. The van der Waals surface area contributed by atoms with Crippen LogP contribution >= 0.6 is 0 Å². The molecule has 160 valence electrons. The maximum Gasteiger partial charge on any atom is 0.438 e. The first-order valence-corrected chi connectivity index (χ1v) is 10.8. The van der Waals surface area contributed by atoms with Gasteiger partial charge in [0.15, 0.2) is 5.82 Å². The van der Waals surface area contributed by atoms with Crippen LogP contribution in [0.3, 0.4) is 0 Å². The minimum atomic E-state index is -0.487. The molecule has 0 bridgehead atoms. The lowest BCUT2D eigenvalue weighted by molar-refractivity contribution is 0.144. The lowest BCUT2D eigenvalue weighted by Crippen LogP contribution is -2.24. The molecule has 0 saturated heterocycles. The highest BCUT2D eigenvalue weighted by molar-refractivity contribution is 5.77. The molecule has 1 fully saturated rings. The normalized spacial score (nSPS) is 19.0. The highest BCUT2D eigenvalue weighted by atomic mass is 16.5. The van der Waals surface area contributed by atoms with Crippen molar-refractivity contribution < 1.29 is 9.26 Å². The highest BCUT2D eigenvalue weighted by Crippen LogP contribution is 2.33. The number of imidazole rings is 1. The summed E-state index contributed by atoms with van der Waals surface area (Å²) >= 11 is 0. The van der Waals surface area contributed by atoms with Crippen molar-refractivity contribution in [2.24, 2.45) is 7.05 Å². The summed E-state index contributed by atoms with van der Waals surface area (Å²) in [6.07, 6.45) is 4.62. The van der Waals surface area contributed by atoms with Crippen molar-refractivity contribution in [1.29, 1.82) is 0 Å². The number of aromatic nitrogens is 4. The third kappa shape index (κ3) is 4.13. The number of aromatic amines is 1. The van der Waals surface area contributed by atoms with Gasteiger partial charge < -0.3 is 9.30 Å². The van der Waals surface area contributed by atoms with Gasteiger partial charge >= 0.3 is 5.76 Å². The number of nitrogens with one attached hydrogen (secondary N) is 1. The molecule has 0 amide bonds. The number of nitrogens with zero attached hydrogens (tertiary/aromatic N) is 3. The topological polar surface area (TPSA) is 85.9 Å². The minimum absolute atomic E-state index is 0.155. The fourth-order valence-electron chi connectivity index (χ4n) is 4.53. The Balaban J connectivity index is 1.27. The van der Waals surface area contributed by atoms with E-state index >= 15 is 0 Å². The first kappa shape index (κ1) is 19.6. The van der Waals surface area contributed by atoms with Crippen molar-refractivity contribution in [3.63, 3.8) is 0 Å². The summed E-state index contributed by atoms with van der Waals surface area (Å²) in [6, 6.07) is 14.7. The van der Waals surface area contributed by atoms with E-state index in [-0.39, 0.29) is 12.0 Å². The molecule has 2 heterocycles. The molecule has 0 spiro atoms. The van der Waals surface area contributed by atoms with Crippen LogP contribution in [0.15, 0.2) is 51.8 Å². The first-order chi connectivity index (χ1) is 15.0. The molecule has 0 aliphatic heterocycles. The van der Waals surface area contributed by atoms with Gasteiger partial charge in [-0.05, 0) is 50.3 Å². The number of hydrogen-bond donors (Lipinski definition) is 1. The van der Waals surface area contributed by atoms with E-state index in [4.69, 9.17) is 9.72 Å². The molecule has 1 aliphatic rings. The molecule has 1 saturated carbocycles. The molecule has 5 rings (SSSR count). The fourth-order valence-corrected chi connectivity index (χ4v) is 4.53. The van der Waals surface area contributed by atoms with Crippen molar-refractivity contribution in [2.45, 2.75) is 51.0 Å². The second-order valence-electron chi connectivity index (χ2n) is 8.48. The van der Waals surface area contributed by atoms with Gasteiger partial charge in [-0.1, -0.05) is 35.0 Å². The van der Waals surface area contributed by atoms with Crippen molar-refractivity contribution in [3.8, 4) is 5.75 Å². The Kier molecular flexibility index (Phi) is 5.10. The van der Waals surface area contributed by atoms with Crippen LogP contribution in [0.25, 0.3) is 11.0 Å². The van der Waals surface area contributed by atoms with Crippen molar-refractivity contribution >= 4 is 11.0 Å². The van der Waals surface area contributed by atoms with E-state index in [2.05, 4.69) is 63.5 Å². The summed E-state index contributed by atoms with van der Waals surface area (Å²) in [7, 11) is 2.07. The van der Waals surface area contributed by atoms with Gasteiger partial charge in [0, 0.05) is 25.5 Å². The van der Waals surface area contributed by atoms with Gasteiger partial charge in [-0.25, -0.2) is 9.78 Å². The van der Waals surface area contributed by atoms with Gasteiger partial charge in [0.25, 0.3) is 0 Å². The molecule has 2 aromatic carbocycles. The summed E-state index contributed by atoms with van der Waals surface area (Å²) < 4.78 is 13.1. The zero-order valence-corrected chi connectivity index (χ0v) is 17.8. The van der Waals surface area contributed by atoms with E-state index in [0.29, 0.717) is 5.82 Å². The molecule has 1 N–H and O–H groups in total. The third-order valence-corrected chi connectivity index (χ3v) is 6.21. The molecule has 0 atom stereocenters. The SMILES string of the molecule is Cc1cccc(Cc2nc3cc(O[C@H]4CC[C@@H](c5noc(=O)[nH]5)CC4)ccc3n2C)c1. The highest BCUT2D eigenvalue weighted by Gasteiger charge is 2.26. The lowest BCUT2D eigenvalue weighted by Gasteiger charge is -2.27. The number of rotatable bonds is 5. The Hall–Kier alpha value is -3.35. The molecule has 4 aromatic rings. The molecular weight excluding hydrogens is 392 g/mol. The average Bonchev–Trinajstić information content (AvgIpc) is 3.32. The predicted octanol–water partition coefficient (Wildman–Crippen LogP) is 4.25. The smallest absolute Gasteiger partial charge is 0.438 e. The van der Waals surface area contributed by atoms with Crippen LogP contribution in [-0.2, 0) is 13.5 Å². The first-order valence-electron chi connectivity index (χ1n) is 10.8. The average molecular weight is 418 g/mol. The Bertz CT molecular complexity index is 1260. The number of ether oxygens (including phenoxy) is 1. The van der Waals surface area contributed by atoms with Crippen LogP contribution in [0.4, 0.5) is 0 Å². The number of benzene rings is 2. The van der Waals surface area contributed by atoms with Crippen LogP contribution in [0.2, 0.25) is 0 Å². The second-order valence-corrected chi connectivity index (χ2v) is 8.48. The molecule has 31 heavy (non-hydrogen) atoms. The van der Waals surface area contributed by atoms with Crippen LogP contribution < -0.4 is 10.5 Å². The Morgan fingerprint density at radius 1 is 1.16 bits per heavy atom. The number of H-pyrrole nitrogens is 1. The zero-order valence-electron chi connectivity index (χ0n) is 17.8. The van der Waals surface area contributed by atoms with Crippen molar-refractivity contribution in [1.82, 2.24) is 19.7 Å². The third-order valence-electron chi connectivity index (χ3n) is 6.21. The van der Waals surface area contributed by atoms with Gasteiger partial charge in [-0.3, -0.25) is 9.51 Å². The van der Waals surface area contributed by atoms with E-state index in [1.165, 1.54) is 11.1 Å². The molecule has 0 unspecified atom stereocenters. The number of aryl methyl sites for hydroxylation is 2. The van der Waals surface area contributed by atoms with Crippen LogP contribution in [0, 0.1) is 6.92 Å². The molecule has 1 aliphatic carbocycles. The fraction of sp³-hybridized carbons (Fsp3) is 0.375. The molecule has 2 aromatic heterocycles. The van der Waals surface area contributed by atoms with Gasteiger partial charge in [-0.2, -0.15) is 0 Å². The Morgan fingerprint density at radius 3 is 2.74 bits per heavy atom. The number of hydrogen-bond acceptors (Lipinski definition) is 5. The van der Waals surface area contributed by atoms with E-state index in [0.717, 1.165) is 54.7 Å². The standard InChI is InChI=1S/C24H26N4O3/c1-15-4-3-5-16(12-15)13-22-25-20-14-19(10-11-21(20)28(22)2)30-18-8-6-17(7-9-18)23-26-24(29)31-27-23/h3-5,10-12,14,17-18H,6-9,13H2,1-2H3,(H,26,27,29)/t17-,18+. The maximum atomic E-state index is 11.2. The lowest BCUT2D eigenvalue weighted by atomic mass is 9.87. The summed E-state index contributed by atoms with van der Waals surface area (Å²) in [4.78, 5) is 18.7. The van der Waals surface area contributed by atoms with E-state index in [1.54, 1.807) is 0 Å². The molecular formula is C24H26N4O3. The van der Waals surface area contributed by atoms with Crippen molar-refractivity contribution in [3.05, 3.63) is 75.8 Å². The van der Waals surface area contributed by atoms with Crippen LogP contribution in [0.5, 0.6) is 5.75 Å². The monoisotopic (exact) mass is 418 g/mol. The van der Waals surface area contributed by atoms with Gasteiger partial charge in [-0.15, -0.1) is 0 Å². The predicted molar refractivity (Wildman–Crippen MR) is 117 cm³/mol. The van der Waals surface area contributed by atoms with E-state index < -0.39 is 5.76 Å². The van der Waals surface area contributed by atoms with Crippen LogP contribution in [-0.4, -0.2) is 25.8 Å². The van der Waals surface area contributed by atoms with Gasteiger partial charge in [0.2, 0.25) is 0 Å². The number of fused-ring (bicyclic) bond motifs is 1. The van der Waals surface area contributed by atoms with E-state index in [9.17, 15) is 4.79 Å².